The molecule has 0 bridgehead atoms. The van der Waals surface area contributed by atoms with Gasteiger partial charge in [0, 0.05) is 54.8 Å². The zero-order valence-electron chi connectivity index (χ0n) is 31.8. The van der Waals surface area contributed by atoms with E-state index < -0.39 is 5.41 Å². The number of rotatable bonds is 2. The summed E-state index contributed by atoms with van der Waals surface area (Å²) in [6, 6.07) is 73.4. The molecule has 0 aliphatic carbocycles. The van der Waals surface area contributed by atoms with Crippen molar-refractivity contribution >= 4 is 65.4 Å². The minimum absolute atomic E-state index is 0.660. The molecule has 2 aliphatic heterocycles. The quantitative estimate of drug-likeness (QED) is 0.173. The third-order valence-electron chi connectivity index (χ3n) is 13.3. The van der Waals surface area contributed by atoms with Crippen LogP contribution in [0.4, 0.5) is 0 Å². The molecule has 0 radical (unpaired) electrons. The summed E-state index contributed by atoms with van der Waals surface area (Å²) in [6.07, 6.45) is 0. The lowest BCUT2D eigenvalue weighted by atomic mass is 9.61. The third kappa shape index (κ3) is 3.80. The summed E-state index contributed by atoms with van der Waals surface area (Å²) < 4.78 is 14.7. The van der Waals surface area contributed by atoms with Crippen LogP contribution in [0.25, 0.3) is 82.5 Å². The number of para-hydroxylation sites is 7. The highest BCUT2D eigenvalue weighted by Gasteiger charge is 2.51. The van der Waals surface area contributed by atoms with E-state index >= 15 is 0 Å². The van der Waals surface area contributed by atoms with E-state index in [9.17, 15) is 0 Å². The topological polar surface area (TPSA) is 24.0 Å². The molecule has 5 heterocycles. The number of hydrogen-bond donors (Lipinski definition) is 0. The number of hydrogen-bond acceptors (Lipinski definition) is 1. The van der Waals surface area contributed by atoms with E-state index in [2.05, 4.69) is 214 Å². The van der Waals surface area contributed by atoms with Crippen LogP contribution in [0.5, 0.6) is 11.5 Å². The predicted molar refractivity (Wildman–Crippen MR) is 241 cm³/mol. The molecule has 0 amide bonds. The van der Waals surface area contributed by atoms with Crippen molar-refractivity contribution in [2.45, 2.75) is 5.41 Å². The fraction of sp³-hybridized carbons (Fsp3) is 0.0182. The molecular weight excluding hydrogens is 719 g/mol. The Hall–Kier alpha value is -7.82. The third-order valence-corrected chi connectivity index (χ3v) is 13.3. The van der Waals surface area contributed by atoms with E-state index in [1.165, 1.54) is 65.8 Å². The van der Waals surface area contributed by atoms with Crippen LogP contribution in [0.1, 0.15) is 22.3 Å². The molecule has 14 rings (SSSR count). The zero-order chi connectivity index (χ0) is 38.4. The smallest absolute Gasteiger partial charge is 0.156 e. The molecule has 0 saturated carbocycles. The summed E-state index contributed by atoms with van der Waals surface area (Å²) in [4.78, 5) is 0. The normalized spacial score (nSPS) is 15.3. The van der Waals surface area contributed by atoms with Gasteiger partial charge in [-0.25, -0.2) is 0 Å². The lowest BCUT2D eigenvalue weighted by molar-refractivity contribution is 0.438. The average Bonchev–Trinajstić information content (AvgIpc) is 3.94. The van der Waals surface area contributed by atoms with Crippen LogP contribution in [0.3, 0.4) is 0 Å². The minimum Gasteiger partial charge on any atom is -0.454 e. The summed E-state index contributed by atoms with van der Waals surface area (Å²) >= 11 is 0. The van der Waals surface area contributed by atoms with E-state index in [1.807, 2.05) is 0 Å². The first-order chi connectivity index (χ1) is 29.3. The molecule has 0 saturated heterocycles. The number of aromatic nitrogens is 3. The van der Waals surface area contributed by atoms with Crippen molar-refractivity contribution in [1.29, 1.82) is 0 Å². The van der Waals surface area contributed by atoms with Crippen molar-refractivity contribution in [3.8, 4) is 28.6 Å². The summed E-state index contributed by atoms with van der Waals surface area (Å²) in [5.41, 5.74) is 14.6. The second-order valence-corrected chi connectivity index (χ2v) is 16.0. The number of benzene rings is 9. The van der Waals surface area contributed by atoms with Gasteiger partial charge in [0.05, 0.1) is 44.2 Å². The summed E-state index contributed by atoms with van der Waals surface area (Å²) in [5, 5.41) is 7.31. The Kier molecular flexibility index (Phi) is 5.93. The van der Waals surface area contributed by atoms with Crippen LogP contribution in [-0.4, -0.2) is 13.7 Å². The molecule has 3 aromatic heterocycles. The highest BCUT2D eigenvalue weighted by Crippen LogP contribution is 2.62. The van der Waals surface area contributed by atoms with Crippen LogP contribution in [0, 0.1) is 0 Å². The predicted octanol–water partition coefficient (Wildman–Crippen LogP) is 13.8. The van der Waals surface area contributed by atoms with Crippen molar-refractivity contribution in [3.05, 3.63) is 222 Å². The van der Waals surface area contributed by atoms with Gasteiger partial charge in [-0.05, 0) is 71.8 Å². The van der Waals surface area contributed by atoms with E-state index in [1.54, 1.807) is 0 Å². The standard InChI is InChI=1S/C55H33N3O/c1-2-15-34(16-3-1)56-46-24-9-6-19-38(46)41-33-35(29-32-49(41)56)57-47-25-10-4-18-37(47)40-30-31-45-54(53(40)57)59-51-28-13-8-22-43(51)55(45)42-21-7-12-27-50(42)58-48-26-11-5-17-36(48)39-20-14-23-44(55)52(39)58/h1-33H. The Labute approximate surface area is 339 Å². The molecule has 2 aliphatic rings. The first-order valence-electron chi connectivity index (χ1n) is 20.4. The molecule has 274 valence electrons. The first-order valence-corrected chi connectivity index (χ1v) is 20.4. The monoisotopic (exact) mass is 751 g/mol. The molecule has 0 fully saturated rings. The van der Waals surface area contributed by atoms with E-state index in [-0.39, 0.29) is 0 Å². The molecule has 0 N–H and O–H groups in total. The fourth-order valence-electron chi connectivity index (χ4n) is 11.1. The van der Waals surface area contributed by atoms with Crippen LogP contribution in [0.15, 0.2) is 200 Å². The molecule has 9 aromatic carbocycles. The van der Waals surface area contributed by atoms with Gasteiger partial charge in [-0.1, -0.05) is 140 Å². The maximum Gasteiger partial charge on any atom is 0.156 e. The van der Waals surface area contributed by atoms with Gasteiger partial charge in [-0.3, -0.25) is 0 Å². The van der Waals surface area contributed by atoms with Gasteiger partial charge < -0.3 is 18.4 Å². The first kappa shape index (κ1) is 31.3. The van der Waals surface area contributed by atoms with Gasteiger partial charge in [0.2, 0.25) is 0 Å². The van der Waals surface area contributed by atoms with E-state index in [0.29, 0.717) is 0 Å². The minimum atomic E-state index is -0.660. The zero-order valence-corrected chi connectivity index (χ0v) is 31.8. The fourth-order valence-corrected chi connectivity index (χ4v) is 11.1. The van der Waals surface area contributed by atoms with Gasteiger partial charge in [-0.15, -0.1) is 0 Å². The number of nitrogens with zero attached hydrogens (tertiary/aromatic N) is 3. The van der Waals surface area contributed by atoms with Crippen LogP contribution in [-0.2, 0) is 5.41 Å². The van der Waals surface area contributed by atoms with Gasteiger partial charge >= 0.3 is 0 Å². The van der Waals surface area contributed by atoms with Crippen LogP contribution < -0.4 is 4.74 Å². The Balaban J connectivity index is 1.14. The van der Waals surface area contributed by atoms with Crippen molar-refractivity contribution in [2.75, 3.05) is 0 Å². The Morgan fingerprint density at radius 3 is 1.69 bits per heavy atom. The lowest BCUT2D eigenvalue weighted by Gasteiger charge is -2.45. The van der Waals surface area contributed by atoms with Crippen LogP contribution in [0.2, 0.25) is 0 Å². The molecule has 1 spiro atoms. The van der Waals surface area contributed by atoms with Crippen LogP contribution >= 0.6 is 0 Å². The highest BCUT2D eigenvalue weighted by molar-refractivity contribution is 6.15. The Morgan fingerprint density at radius 2 is 0.898 bits per heavy atom. The van der Waals surface area contributed by atoms with Gasteiger partial charge in [-0.2, -0.15) is 0 Å². The molecule has 1 unspecified atom stereocenters. The Morgan fingerprint density at radius 1 is 0.322 bits per heavy atom. The second kappa shape index (κ2) is 11.2. The highest BCUT2D eigenvalue weighted by atomic mass is 16.5. The lowest BCUT2D eigenvalue weighted by Crippen LogP contribution is -2.37. The maximum absolute atomic E-state index is 7.36. The summed E-state index contributed by atoms with van der Waals surface area (Å²) in [5.74, 6) is 1.77. The average molecular weight is 752 g/mol. The number of ether oxygens (including phenoxy) is 1. The van der Waals surface area contributed by atoms with Crippen molar-refractivity contribution < 1.29 is 4.74 Å². The van der Waals surface area contributed by atoms with Crippen molar-refractivity contribution in [3.63, 3.8) is 0 Å². The van der Waals surface area contributed by atoms with Gasteiger partial charge in [0.25, 0.3) is 0 Å². The molecule has 1 atom stereocenters. The Bertz CT molecular complexity index is 3770. The van der Waals surface area contributed by atoms with E-state index in [4.69, 9.17) is 4.74 Å². The van der Waals surface area contributed by atoms with E-state index in [0.717, 1.165) is 50.4 Å². The van der Waals surface area contributed by atoms with Gasteiger partial charge in [0.1, 0.15) is 5.75 Å². The van der Waals surface area contributed by atoms with Gasteiger partial charge in [0.15, 0.2) is 5.75 Å². The molecule has 59 heavy (non-hydrogen) atoms. The van der Waals surface area contributed by atoms with Crippen molar-refractivity contribution in [2.24, 2.45) is 0 Å². The maximum atomic E-state index is 7.36. The second-order valence-electron chi connectivity index (χ2n) is 16.0. The SMILES string of the molecule is c1ccc(-n2c3ccccc3c3cc(-n4c5ccccc5c5ccc6c(c54)Oc4ccccc4C64c5ccccc5-n5c6ccccc6c6cccc4c65)ccc32)cc1. The molecule has 4 nitrogen and oxygen atoms in total. The molecular formula is C55H33N3O. The largest absolute Gasteiger partial charge is 0.454 e. The molecule has 12 aromatic rings. The number of fused-ring (bicyclic) bond motifs is 18. The summed E-state index contributed by atoms with van der Waals surface area (Å²) in [7, 11) is 0. The molecule has 4 heteroatoms. The summed E-state index contributed by atoms with van der Waals surface area (Å²) in [6.45, 7) is 0. The van der Waals surface area contributed by atoms with Crippen molar-refractivity contribution in [1.82, 2.24) is 13.7 Å².